The summed E-state index contributed by atoms with van der Waals surface area (Å²) in [6.07, 6.45) is 1.05. The van der Waals surface area contributed by atoms with Crippen molar-refractivity contribution in [1.29, 1.82) is 0 Å². The molecule has 0 aliphatic rings. The molecule has 18 heavy (non-hydrogen) atoms. The lowest BCUT2D eigenvalue weighted by molar-refractivity contribution is 0.553. The van der Waals surface area contributed by atoms with E-state index in [1.807, 2.05) is 23.8 Å². The predicted molar refractivity (Wildman–Crippen MR) is 80.4 cm³/mol. The van der Waals surface area contributed by atoms with Crippen LogP contribution < -0.4 is 10.5 Å². The van der Waals surface area contributed by atoms with Gasteiger partial charge in [-0.2, -0.15) is 11.3 Å². The first kappa shape index (κ1) is 15.6. The zero-order valence-electron chi connectivity index (χ0n) is 10.4. The van der Waals surface area contributed by atoms with E-state index in [9.17, 15) is 8.42 Å². The Kier molecular flexibility index (Phi) is 5.71. The van der Waals surface area contributed by atoms with Crippen molar-refractivity contribution >= 4 is 38.6 Å². The summed E-state index contributed by atoms with van der Waals surface area (Å²) in [6.45, 7) is 3.59. The molecule has 0 aromatic carbocycles. The average Bonchev–Trinajstić information content (AvgIpc) is 2.68. The van der Waals surface area contributed by atoms with Crippen LogP contribution in [0.4, 0.5) is 0 Å². The van der Waals surface area contributed by atoms with E-state index in [1.54, 1.807) is 18.3 Å². The van der Waals surface area contributed by atoms with Gasteiger partial charge < -0.3 is 5.73 Å². The Morgan fingerprint density at radius 2 is 2.28 bits per heavy atom. The molecular weight excluding hydrogens is 288 g/mol. The highest BCUT2D eigenvalue weighted by molar-refractivity contribution is 7.93. The Hall–Kier alpha value is -0.500. The number of hydrogen-bond acceptors (Lipinski definition) is 4. The molecule has 0 aliphatic heterocycles. The van der Waals surface area contributed by atoms with E-state index in [-0.39, 0.29) is 11.0 Å². The van der Waals surface area contributed by atoms with Crippen molar-refractivity contribution in [2.24, 2.45) is 5.73 Å². The highest BCUT2D eigenvalue weighted by Crippen LogP contribution is 2.11. The van der Waals surface area contributed by atoms with Crippen LogP contribution in [0.5, 0.6) is 0 Å². The maximum atomic E-state index is 12.1. The van der Waals surface area contributed by atoms with Crippen LogP contribution in [-0.4, -0.2) is 24.7 Å². The number of nitrogens with two attached hydrogens (primary N) is 1. The fourth-order valence-corrected chi connectivity index (χ4v) is 4.52. The average molecular weight is 306 g/mol. The quantitative estimate of drug-likeness (QED) is 0.752. The van der Waals surface area contributed by atoms with Gasteiger partial charge in [0.25, 0.3) is 0 Å². The molecule has 0 amide bonds. The van der Waals surface area contributed by atoms with Gasteiger partial charge in [-0.25, -0.2) is 13.1 Å². The molecule has 0 radical (unpaired) electrons. The molecule has 102 valence electrons. The van der Waals surface area contributed by atoms with E-state index in [0.717, 1.165) is 5.56 Å². The lowest BCUT2D eigenvalue weighted by Crippen LogP contribution is -2.45. The summed E-state index contributed by atoms with van der Waals surface area (Å²) in [5.74, 6) is 0. The molecule has 3 N–H and O–H groups in total. The van der Waals surface area contributed by atoms with Crippen LogP contribution in [0.25, 0.3) is 0 Å². The zero-order chi connectivity index (χ0) is 13.8. The van der Waals surface area contributed by atoms with Gasteiger partial charge in [-0.05, 0) is 42.2 Å². The summed E-state index contributed by atoms with van der Waals surface area (Å²) in [5, 5.41) is 3.19. The number of thiocarbonyl (C=S) groups is 1. The minimum atomic E-state index is -3.49. The fourth-order valence-electron chi connectivity index (χ4n) is 1.74. The van der Waals surface area contributed by atoms with Crippen LogP contribution in [0.3, 0.4) is 0 Å². The molecule has 0 fully saturated rings. The van der Waals surface area contributed by atoms with Gasteiger partial charge in [0.1, 0.15) is 5.25 Å². The molecule has 1 rings (SSSR count). The van der Waals surface area contributed by atoms with Gasteiger partial charge in [-0.3, -0.25) is 0 Å². The van der Waals surface area contributed by atoms with Crippen molar-refractivity contribution in [2.75, 3.05) is 0 Å². The molecule has 7 heteroatoms. The topological polar surface area (TPSA) is 72.2 Å². The smallest absolute Gasteiger partial charge is 0.221 e. The lowest BCUT2D eigenvalue weighted by atomic mass is 10.1. The Morgan fingerprint density at radius 1 is 1.61 bits per heavy atom. The van der Waals surface area contributed by atoms with Crippen molar-refractivity contribution in [3.05, 3.63) is 22.4 Å². The number of thiophene rings is 1. The summed E-state index contributed by atoms with van der Waals surface area (Å²) < 4.78 is 26.8. The minimum Gasteiger partial charge on any atom is -0.392 e. The first-order valence-electron chi connectivity index (χ1n) is 5.68. The van der Waals surface area contributed by atoms with Crippen LogP contribution in [0, 0.1) is 0 Å². The molecule has 0 spiro atoms. The maximum absolute atomic E-state index is 12.1. The van der Waals surface area contributed by atoms with E-state index in [4.69, 9.17) is 18.0 Å². The molecule has 0 saturated carbocycles. The van der Waals surface area contributed by atoms with E-state index in [2.05, 4.69) is 4.72 Å². The number of rotatable bonds is 7. The molecule has 2 atom stereocenters. The molecule has 0 saturated heterocycles. The largest absolute Gasteiger partial charge is 0.392 e. The molecule has 2 unspecified atom stereocenters. The minimum absolute atomic E-state index is 0.0210. The van der Waals surface area contributed by atoms with Crippen molar-refractivity contribution < 1.29 is 8.42 Å². The second kappa shape index (κ2) is 6.60. The van der Waals surface area contributed by atoms with Crippen LogP contribution >= 0.6 is 23.6 Å². The van der Waals surface area contributed by atoms with Crippen molar-refractivity contribution in [3.8, 4) is 0 Å². The first-order chi connectivity index (χ1) is 8.36. The monoisotopic (exact) mass is 306 g/mol. The third kappa shape index (κ3) is 4.31. The molecule has 0 aliphatic carbocycles. The van der Waals surface area contributed by atoms with Gasteiger partial charge >= 0.3 is 0 Å². The Balaban J connectivity index is 2.67. The second-order valence-corrected chi connectivity index (χ2v) is 7.35. The molecule has 1 aromatic rings. The van der Waals surface area contributed by atoms with E-state index in [0.29, 0.717) is 12.8 Å². The van der Waals surface area contributed by atoms with Crippen molar-refractivity contribution in [3.63, 3.8) is 0 Å². The van der Waals surface area contributed by atoms with Crippen LogP contribution in [-0.2, 0) is 16.4 Å². The molecule has 1 heterocycles. The highest BCUT2D eigenvalue weighted by Gasteiger charge is 2.27. The maximum Gasteiger partial charge on any atom is 0.221 e. The van der Waals surface area contributed by atoms with E-state index in [1.165, 1.54) is 0 Å². The number of nitrogens with one attached hydrogen (secondary N) is 1. The molecule has 4 nitrogen and oxygen atoms in total. The number of hydrogen-bond donors (Lipinski definition) is 2. The van der Waals surface area contributed by atoms with Crippen molar-refractivity contribution in [2.45, 2.75) is 38.0 Å². The third-order valence-corrected chi connectivity index (χ3v) is 5.78. The molecule has 1 aromatic heterocycles. The summed E-state index contributed by atoms with van der Waals surface area (Å²) in [5.41, 5.74) is 6.58. The summed E-state index contributed by atoms with van der Waals surface area (Å²) in [6, 6.07) is 1.81. The van der Waals surface area contributed by atoms with Crippen LogP contribution in [0.15, 0.2) is 16.8 Å². The van der Waals surface area contributed by atoms with E-state index >= 15 is 0 Å². The number of sulfonamides is 1. The van der Waals surface area contributed by atoms with E-state index < -0.39 is 15.3 Å². The SMILES string of the molecule is CCC(C(N)=S)S(=O)(=O)NC(C)Cc1ccsc1. The Bertz CT molecular complexity index is 482. The normalized spacial score (nSPS) is 15.2. The van der Waals surface area contributed by atoms with Gasteiger partial charge in [-0.15, -0.1) is 0 Å². The van der Waals surface area contributed by atoms with Crippen LogP contribution in [0.1, 0.15) is 25.8 Å². The standard InChI is InChI=1S/C11H18N2O2S3/c1-3-10(11(12)16)18(14,15)13-8(2)6-9-4-5-17-7-9/h4-5,7-8,10,13H,3,6H2,1-2H3,(H2,12,16). The lowest BCUT2D eigenvalue weighted by Gasteiger charge is -2.19. The second-order valence-electron chi connectivity index (χ2n) is 4.20. The Labute approximate surface area is 118 Å². The summed E-state index contributed by atoms with van der Waals surface area (Å²) >= 11 is 6.39. The summed E-state index contributed by atoms with van der Waals surface area (Å²) in [4.78, 5) is 0.0210. The first-order valence-corrected chi connectivity index (χ1v) is 8.58. The molecule has 0 bridgehead atoms. The Morgan fingerprint density at radius 3 is 2.72 bits per heavy atom. The fraction of sp³-hybridized carbons (Fsp3) is 0.545. The van der Waals surface area contributed by atoms with Gasteiger partial charge in [0.05, 0.1) is 4.99 Å². The van der Waals surface area contributed by atoms with Gasteiger partial charge in [0.15, 0.2) is 0 Å². The van der Waals surface area contributed by atoms with Gasteiger partial charge in [-0.1, -0.05) is 19.1 Å². The van der Waals surface area contributed by atoms with Gasteiger partial charge in [0.2, 0.25) is 10.0 Å². The van der Waals surface area contributed by atoms with Crippen LogP contribution in [0.2, 0.25) is 0 Å². The zero-order valence-corrected chi connectivity index (χ0v) is 12.9. The summed E-state index contributed by atoms with van der Waals surface area (Å²) in [7, 11) is -3.49. The predicted octanol–water partition coefficient (Wildman–Crippen LogP) is 1.66. The highest BCUT2D eigenvalue weighted by atomic mass is 32.2. The van der Waals surface area contributed by atoms with Gasteiger partial charge in [0, 0.05) is 6.04 Å². The van der Waals surface area contributed by atoms with Crippen molar-refractivity contribution in [1.82, 2.24) is 4.72 Å². The molecular formula is C11H18N2O2S3. The third-order valence-electron chi connectivity index (χ3n) is 2.55.